The maximum absolute atomic E-state index is 12.7. The topological polar surface area (TPSA) is 90.7 Å². The lowest BCUT2D eigenvalue weighted by Crippen LogP contribution is -2.41. The van der Waals surface area contributed by atoms with Gasteiger partial charge in [0.2, 0.25) is 5.95 Å². The van der Waals surface area contributed by atoms with E-state index in [1.54, 1.807) is 18.2 Å². The number of hydrogen-bond donors (Lipinski definition) is 2. The summed E-state index contributed by atoms with van der Waals surface area (Å²) in [6.45, 7) is 3.80. The minimum atomic E-state index is -0.267. The van der Waals surface area contributed by atoms with E-state index in [4.69, 9.17) is 11.6 Å². The Morgan fingerprint density at radius 1 is 1.19 bits per heavy atom. The van der Waals surface area contributed by atoms with E-state index in [1.807, 2.05) is 19.9 Å². The molecule has 2 unspecified atom stereocenters. The number of nitrogens with one attached hydrogen (secondary N) is 2. The summed E-state index contributed by atoms with van der Waals surface area (Å²) in [5, 5.41) is 15.8. The van der Waals surface area contributed by atoms with Crippen molar-refractivity contribution in [2.45, 2.75) is 45.6 Å². The lowest BCUT2D eigenvalue weighted by Gasteiger charge is -2.27. The molecule has 2 aromatic rings. The van der Waals surface area contributed by atoms with Gasteiger partial charge in [0.05, 0.1) is 22.6 Å². The molecule has 27 heavy (non-hydrogen) atoms. The Balaban J connectivity index is 1.78. The number of aryl methyl sites for hydroxylation is 2. The van der Waals surface area contributed by atoms with E-state index in [9.17, 15) is 10.1 Å². The monoisotopic (exact) mass is 383 g/mol. The van der Waals surface area contributed by atoms with Crippen LogP contribution in [0.2, 0.25) is 5.02 Å². The van der Waals surface area contributed by atoms with Crippen LogP contribution in [0.1, 0.15) is 47.4 Å². The van der Waals surface area contributed by atoms with Gasteiger partial charge in [-0.3, -0.25) is 4.79 Å². The Kier molecular flexibility index (Phi) is 5.92. The second-order valence-electron chi connectivity index (χ2n) is 6.89. The predicted octanol–water partition coefficient (Wildman–Crippen LogP) is 4.30. The molecule has 2 atom stereocenters. The van der Waals surface area contributed by atoms with Crippen LogP contribution in [0.3, 0.4) is 0 Å². The minimum absolute atomic E-state index is 0.133. The molecule has 1 amide bonds. The van der Waals surface area contributed by atoms with E-state index >= 15 is 0 Å². The highest BCUT2D eigenvalue weighted by molar-refractivity contribution is 6.34. The fraction of sp³-hybridized carbons (Fsp3) is 0.400. The fourth-order valence-electron chi connectivity index (χ4n) is 3.39. The first kappa shape index (κ1) is 19.1. The zero-order chi connectivity index (χ0) is 19.4. The van der Waals surface area contributed by atoms with Crippen molar-refractivity contribution in [2.75, 3.05) is 5.32 Å². The second kappa shape index (κ2) is 8.36. The molecular formula is C20H22ClN5O. The van der Waals surface area contributed by atoms with E-state index < -0.39 is 0 Å². The third-order valence-electron chi connectivity index (χ3n) is 4.70. The van der Waals surface area contributed by atoms with Crippen molar-refractivity contribution in [3.8, 4) is 6.07 Å². The third-order valence-corrected chi connectivity index (χ3v) is 5.03. The van der Waals surface area contributed by atoms with E-state index in [0.29, 0.717) is 22.2 Å². The Morgan fingerprint density at radius 2 is 1.89 bits per heavy atom. The van der Waals surface area contributed by atoms with Crippen LogP contribution in [0.5, 0.6) is 0 Å². The van der Waals surface area contributed by atoms with Crippen LogP contribution >= 0.6 is 11.6 Å². The molecule has 1 aromatic carbocycles. The molecule has 2 N–H and O–H groups in total. The number of carbonyl (C=O) groups excluding carboxylic acids is 1. The van der Waals surface area contributed by atoms with Crippen LogP contribution < -0.4 is 10.6 Å². The molecule has 0 bridgehead atoms. The van der Waals surface area contributed by atoms with Gasteiger partial charge in [-0.15, -0.1) is 0 Å². The van der Waals surface area contributed by atoms with Gasteiger partial charge in [0, 0.05) is 23.1 Å². The average Bonchev–Trinajstić information content (AvgIpc) is 2.63. The van der Waals surface area contributed by atoms with Gasteiger partial charge < -0.3 is 10.6 Å². The number of halogens is 1. The maximum atomic E-state index is 12.7. The van der Waals surface area contributed by atoms with Crippen molar-refractivity contribution in [3.63, 3.8) is 0 Å². The Bertz CT molecular complexity index is 872. The molecule has 1 fully saturated rings. The number of amides is 1. The molecule has 1 aromatic heterocycles. The molecule has 3 rings (SSSR count). The number of benzene rings is 1. The summed E-state index contributed by atoms with van der Waals surface area (Å²) in [5.41, 5.74) is 2.76. The molecule has 1 aliphatic carbocycles. The van der Waals surface area contributed by atoms with Crippen LogP contribution in [-0.2, 0) is 0 Å². The van der Waals surface area contributed by atoms with Crippen LogP contribution in [0, 0.1) is 31.1 Å². The molecule has 0 aliphatic heterocycles. The first-order chi connectivity index (χ1) is 13.0. The van der Waals surface area contributed by atoms with Crippen molar-refractivity contribution >= 4 is 29.1 Å². The van der Waals surface area contributed by atoms with E-state index in [2.05, 4.69) is 26.7 Å². The van der Waals surface area contributed by atoms with Crippen LogP contribution in [-0.4, -0.2) is 21.9 Å². The zero-order valence-corrected chi connectivity index (χ0v) is 16.2. The summed E-state index contributed by atoms with van der Waals surface area (Å²) >= 11 is 6.25. The van der Waals surface area contributed by atoms with Gasteiger partial charge in [-0.1, -0.05) is 24.4 Å². The molecule has 0 saturated heterocycles. The average molecular weight is 384 g/mol. The van der Waals surface area contributed by atoms with E-state index in [-0.39, 0.29) is 17.9 Å². The number of nitriles is 1. The Hall–Kier alpha value is -2.65. The summed E-state index contributed by atoms with van der Waals surface area (Å²) in [6, 6.07) is 9.19. The second-order valence-corrected chi connectivity index (χ2v) is 7.30. The van der Waals surface area contributed by atoms with E-state index in [1.165, 1.54) is 0 Å². The summed E-state index contributed by atoms with van der Waals surface area (Å²) in [6.07, 6.45) is 3.68. The van der Waals surface area contributed by atoms with Crippen molar-refractivity contribution in [2.24, 2.45) is 5.92 Å². The number of anilines is 2. The number of nitrogens with zero attached hydrogens (tertiary/aromatic N) is 3. The molecule has 7 heteroatoms. The summed E-state index contributed by atoms with van der Waals surface area (Å²) in [4.78, 5) is 21.4. The van der Waals surface area contributed by atoms with Gasteiger partial charge >= 0.3 is 0 Å². The van der Waals surface area contributed by atoms with Gasteiger partial charge in [-0.05, 0) is 51.0 Å². The van der Waals surface area contributed by atoms with Crippen molar-refractivity contribution in [3.05, 3.63) is 46.2 Å². The highest BCUT2D eigenvalue weighted by Crippen LogP contribution is 2.26. The number of rotatable bonds is 4. The largest absolute Gasteiger partial charge is 0.348 e. The summed E-state index contributed by atoms with van der Waals surface area (Å²) in [5.74, 6) is 0.0570. The van der Waals surface area contributed by atoms with E-state index in [0.717, 1.165) is 37.1 Å². The SMILES string of the molecule is Cc1cc(C)nc(Nc2ccc(Cl)c(C(=O)NC3CCCCC3C#N)c2)n1. The van der Waals surface area contributed by atoms with Crippen LogP contribution in [0.4, 0.5) is 11.6 Å². The Morgan fingerprint density at radius 3 is 2.59 bits per heavy atom. The lowest BCUT2D eigenvalue weighted by molar-refractivity contribution is 0.0917. The maximum Gasteiger partial charge on any atom is 0.253 e. The first-order valence-corrected chi connectivity index (χ1v) is 9.43. The summed E-state index contributed by atoms with van der Waals surface area (Å²) < 4.78 is 0. The van der Waals surface area contributed by atoms with Crippen molar-refractivity contribution in [1.29, 1.82) is 5.26 Å². The molecular weight excluding hydrogens is 362 g/mol. The molecule has 0 radical (unpaired) electrons. The highest BCUT2D eigenvalue weighted by Gasteiger charge is 2.27. The molecule has 1 heterocycles. The minimum Gasteiger partial charge on any atom is -0.348 e. The standard InChI is InChI=1S/C20H22ClN5O/c1-12-9-13(2)24-20(23-12)25-15-7-8-17(21)16(10-15)19(27)26-18-6-4-3-5-14(18)11-22/h7-10,14,18H,3-6H2,1-2H3,(H,26,27)(H,23,24,25). The van der Waals surface area contributed by atoms with Crippen molar-refractivity contribution < 1.29 is 4.79 Å². The molecule has 0 spiro atoms. The van der Waals surface area contributed by atoms with Gasteiger partial charge in [0.15, 0.2) is 0 Å². The van der Waals surface area contributed by atoms with Crippen LogP contribution in [0.25, 0.3) is 0 Å². The predicted molar refractivity (Wildman–Crippen MR) is 105 cm³/mol. The molecule has 140 valence electrons. The van der Waals surface area contributed by atoms with Crippen LogP contribution in [0.15, 0.2) is 24.3 Å². The molecule has 1 saturated carbocycles. The first-order valence-electron chi connectivity index (χ1n) is 9.05. The zero-order valence-electron chi connectivity index (χ0n) is 15.4. The third kappa shape index (κ3) is 4.75. The number of carbonyl (C=O) groups is 1. The smallest absolute Gasteiger partial charge is 0.253 e. The quantitative estimate of drug-likeness (QED) is 0.821. The van der Waals surface area contributed by atoms with Gasteiger partial charge in [-0.2, -0.15) is 5.26 Å². The van der Waals surface area contributed by atoms with Gasteiger partial charge in [0.1, 0.15) is 0 Å². The van der Waals surface area contributed by atoms with Gasteiger partial charge in [-0.25, -0.2) is 9.97 Å². The number of aromatic nitrogens is 2. The van der Waals surface area contributed by atoms with Gasteiger partial charge in [0.25, 0.3) is 5.91 Å². The molecule has 6 nitrogen and oxygen atoms in total. The molecule has 1 aliphatic rings. The normalized spacial score (nSPS) is 19.2. The lowest BCUT2D eigenvalue weighted by atomic mass is 9.85. The highest BCUT2D eigenvalue weighted by atomic mass is 35.5. The Labute approximate surface area is 164 Å². The number of hydrogen-bond acceptors (Lipinski definition) is 5. The fourth-order valence-corrected chi connectivity index (χ4v) is 3.60. The van der Waals surface area contributed by atoms with Crippen molar-refractivity contribution in [1.82, 2.24) is 15.3 Å². The summed E-state index contributed by atoms with van der Waals surface area (Å²) in [7, 11) is 0.